The van der Waals surface area contributed by atoms with Crippen molar-refractivity contribution in [1.29, 1.82) is 0 Å². The first-order chi connectivity index (χ1) is 9.19. The lowest BCUT2D eigenvalue weighted by atomic mass is 10.2. The van der Waals surface area contributed by atoms with E-state index in [0.717, 1.165) is 6.20 Å². The molecule has 0 aliphatic heterocycles. The summed E-state index contributed by atoms with van der Waals surface area (Å²) in [5, 5.41) is 21.2. The SMILES string of the molecule is O=C(NO)c1cnn(-c2ccccc2)c1C(=O)NO. The smallest absolute Gasteiger partial charge is 0.288 e. The van der Waals surface area contributed by atoms with Gasteiger partial charge in [0, 0.05) is 0 Å². The van der Waals surface area contributed by atoms with Crippen LogP contribution < -0.4 is 11.0 Å². The molecule has 0 fully saturated rings. The molecule has 2 rings (SSSR count). The largest absolute Gasteiger partial charge is 0.294 e. The van der Waals surface area contributed by atoms with Crippen molar-refractivity contribution in [3.8, 4) is 5.69 Å². The lowest BCUT2D eigenvalue weighted by Gasteiger charge is -2.07. The van der Waals surface area contributed by atoms with E-state index in [1.54, 1.807) is 30.3 Å². The van der Waals surface area contributed by atoms with E-state index in [0.29, 0.717) is 5.69 Å². The van der Waals surface area contributed by atoms with Gasteiger partial charge in [-0.25, -0.2) is 15.6 Å². The third kappa shape index (κ3) is 2.30. The molecule has 0 atom stereocenters. The lowest BCUT2D eigenvalue weighted by Crippen LogP contribution is -2.27. The summed E-state index contributed by atoms with van der Waals surface area (Å²) < 4.78 is 1.18. The molecule has 0 saturated heterocycles. The highest BCUT2D eigenvalue weighted by Crippen LogP contribution is 2.14. The Labute approximate surface area is 107 Å². The Morgan fingerprint density at radius 3 is 2.26 bits per heavy atom. The number of carbonyl (C=O) groups is 2. The highest BCUT2D eigenvalue weighted by atomic mass is 16.5. The molecule has 1 heterocycles. The van der Waals surface area contributed by atoms with Gasteiger partial charge in [0.15, 0.2) is 0 Å². The zero-order valence-electron chi connectivity index (χ0n) is 9.57. The molecule has 0 saturated carbocycles. The quantitative estimate of drug-likeness (QED) is 0.462. The van der Waals surface area contributed by atoms with Crippen LogP contribution in [0.4, 0.5) is 0 Å². The number of hydrogen-bond acceptors (Lipinski definition) is 5. The minimum Gasteiger partial charge on any atom is -0.288 e. The highest BCUT2D eigenvalue weighted by molar-refractivity contribution is 6.05. The van der Waals surface area contributed by atoms with E-state index in [-0.39, 0.29) is 11.3 Å². The van der Waals surface area contributed by atoms with E-state index in [2.05, 4.69) is 5.10 Å². The number of rotatable bonds is 3. The van der Waals surface area contributed by atoms with Crippen molar-refractivity contribution in [1.82, 2.24) is 20.7 Å². The summed E-state index contributed by atoms with van der Waals surface area (Å²) in [6.07, 6.45) is 1.11. The van der Waals surface area contributed by atoms with E-state index in [1.165, 1.54) is 15.6 Å². The summed E-state index contributed by atoms with van der Waals surface area (Å²) in [6.45, 7) is 0. The van der Waals surface area contributed by atoms with Crippen molar-refractivity contribution in [3.05, 3.63) is 47.8 Å². The van der Waals surface area contributed by atoms with Gasteiger partial charge in [0.25, 0.3) is 11.8 Å². The first-order valence-corrected chi connectivity index (χ1v) is 5.21. The molecule has 0 aliphatic rings. The van der Waals surface area contributed by atoms with Crippen LogP contribution in [0.3, 0.4) is 0 Å². The molecule has 1 aromatic carbocycles. The molecule has 0 radical (unpaired) electrons. The molecule has 8 nitrogen and oxygen atoms in total. The number of para-hydroxylation sites is 1. The average Bonchev–Trinajstić information content (AvgIpc) is 2.91. The van der Waals surface area contributed by atoms with Gasteiger partial charge < -0.3 is 0 Å². The minimum absolute atomic E-state index is 0.169. The molecule has 2 amide bonds. The van der Waals surface area contributed by atoms with Gasteiger partial charge >= 0.3 is 0 Å². The summed E-state index contributed by atoms with van der Waals surface area (Å²) >= 11 is 0. The number of carbonyl (C=O) groups excluding carboxylic acids is 2. The van der Waals surface area contributed by atoms with Gasteiger partial charge in [0.2, 0.25) is 0 Å². The van der Waals surface area contributed by atoms with Crippen LogP contribution in [-0.4, -0.2) is 32.0 Å². The highest BCUT2D eigenvalue weighted by Gasteiger charge is 2.23. The predicted octanol–water partition coefficient (Wildman–Crippen LogP) is 0.110. The number of aromatic nitrogens is 2. The number of hydrogen-bond donors (Lipinski definition) is 4. The molecule has 0 aliphatic carbocycles. The van der Waals surface area contributed by atoms with Crippen LogP contribution in [-0.2, 0) is 0 Å². The zero-order chi connectivity index (χ0) is 13.8. The van der Waals surface area contributed by atoms with Crippen LogP contribution in [0.5, 0.6) is 0 Å². The Kier molecular flexibility index (Phi) is 3.55. The second-order valence-electron chi connectivity index (χ2n) is 3.54. The van der Waals surface area contributed by atoms with Gasteiger partial charge in [-0.3, -0.25) is 20.0 Å². The Morgan fingerprint density at radius 2 is 1.68 bits per heavy atom. The number of hydroxylamine groups is 2. The van der Waals surface area contributed by atoms with Gasteiger partial charge in [-0.1, -0.05) is 18.2 Å². The fraction of sp³-hybridized carbons (Fsp3) is 0. The third-order valence-electron chi connectivity index (χ3n) is 2.43. The number of amides is 2. The second-order valence-corrected chi connectivity index (χ2v) is 3.54. The molecular formula is C11H10N4O4. The molecule has 0 unspecified atom stereocenters. The molecule has 0 bridgehead atoms. The van der Waals surface area contributed by atoms with E-state index in [9.17, 15) is 9.59 Å². The van der Waals surface area contributed by atoms with Crippen molar-refractivity contribution >= 4 is 11.8 Å². The predicted molar refractivity (Wildman–Crippen MR) is 62.1 cm³/mol. The van der Waals surface area contributed by atoms with Gasteiger partial charge in [0.1, 0.15) is 5.69 Å². The van der Waals surface area contributed by atoms with Crippen LogP contribution in [0.25, 0.3) is 5.69 Å². The molecule has 8 heteroatoms. The van der Waals surface area contributed by atoms with Crippen LogP contribution in [0.2, 0.25) is 0 Å². The van der Waals surface area contributed by atoms with E-state index >= 15 is 0 Å². The molecule has 0 spiro atoms. The summed E-state index contributed by atoms with van der Waals surface area (Å²) in [5.74, 6) is -1.82. The van der Waals surface area contributed by atoms with Crippen LogP contribution in [0.15, 0.2) is 36.5 Å². The topological polar surface area (TPSA) is 116 Å². The molecule has 4 N–H and O–H groups in total. The van der Waals surface area contributed by atoms with E-state index in [1.807, 2.05) is 0 Å². The summed E-state index contributed by atoms with van der Waals surface area (Å²) in [5.41, 5.74) is 3.01. The maximum Gasteiger partial charge on any atom is 0.294 e. The number of nitrogens with zero attached hydrogens (tertiary/aromatic N) is 2. The molecule has 19 heavy (non-hydrogen) atoms. The first-order valence-electron chi connectivity index (χ1n) is 5.21. The monoisotopic (exact) mass is 262 g/mol. The van der Waals surface area contributed by atoms with Gasteiger partial charge in [-0.15, -0.1) is 0 Å². The van der Waals surface area contributed by atoms with Crippen molar-refractivity contribution in [3.63, 3.8) is 0 Å². The van der Waals surface area contributed by atoms with E-state index in [4.69, 9.17) is 10.4 Å². The van der Waals surface area contributed by atoms with Crippen molar-refractivity contribution < 1.29 is 20.0 Å². The molecule has 98 valence electrons. The van der Waals surface area contributed by atoms with Crippen LogP contribution in [0.1, 0.15) is 20.8 Å². The number of benzene rings is 1. The lowest BCUT2D eigenvalue weighted by molar-refractivity contribution is 0.0666. The summed E-state index contributed by atoms with van der Waals surface area (Å²) in [4.78, 5) is 23.0. The van der Waals surface area contributed by atoms with Crippen molar-refractivity contribution in [2.75, 3.05) is 0 Å². The van der Waals surface area contributed by atoms with Crippen LogP contribution >= 0.6 is 0 Å². The Bertz CT molecular complexity index is 608. The van der Waals surface area contributed by atoms with Crippen LogP contribution in [0, 0.1) is 0 Å². The standard InChI is InChI=1S/C11H10N4O4/c16-10(13-18)8-6-12-15(9(8)11(17)14-19)7-4-2-1-3-5-7/h1-6,18-19H,(H,13,16)(H,14,17). The summed E-state index contributed by atoms with van der Waals surface area (Å²) in [6, 6.07) is 8.57. The van der Waals surface area contributed by atoms with Gasteiger partial charge in [-0.2, -0.15) is 5.10 Å². The maximum atomic E-state index is 11.6. The fourth-order valence-corrected chi connectivity index (χ4v) is 1.61. The normalized spacial score (nSPS) is 10.0. The first kappa shape index (κ1) is 12.7. The second kappa shape index (κ2) is 5.29. The fourth-order valence-electron chi connectivity index (χ4n) is 1.61. The third-order valence-corrected chi connectivity index (χ3v) is 2.43. The Balaban J connectivity index is 2.60. The zero-order valence-corrected chi connectivity index (χ0v) is 9.57. The Morgan fingerprint density at radius 1 is 1.05 bits per heavy atom. The molecular weight excluding hydrogens is 252 g/mol. The van der Waals surface area contributed by atoms with Gasteiger partial charge in [-0.05, 0) is 12.1 Å². The minimum atomic E-state index is -0.917. The van der Waals surface area contributed by atoms with Crippen molar-refractivity contribution in [2.45, 2.75) is 0 Å². The maximum absolute atomic E-state index is 11.6. The molecule has 2 aromatic rings. The van der Waals surface area contributed by atoms with E-state index < -0.39 is 11.8 Å². The number of nitrogens with one attached hydrogen (secondary N) is 2. The molecule has 1 aromatic heterocycles. The summed E-state index contributed by atoms with van der Waals surface area (Å²) in [7, 11) is 0. The van der Waals surface area contributed by atoms with Crippen molar-refractivity contribution in [2.24, 2.45) is 0 Å². The Hall–Kier alpha value is -2.71. The average molecular weight is 262 g/mol. The van der Waals surface area contributed by atoms with Gasteiger partial charge in [0.05, 0.1) is 17.4 Å².